The predicted octanol–water partition coefficient (Wildman–Crippen LogP) is -0.326. The number of aromatic nitrogens is 3. The zero-order chi connectivity index (χ0) is 11.3. The van der Waals surface area contributed by atoms with Crippen molar-refractivity contribution in [2.24, 2.45) is 0 Å². The van der Waals surface area contributed by atoms with Gasteiger partial charge in [-0.3, -0.25) is 5.10 Å². The van der Waals surface area contributed by atoms with Crippen molar-refractivity contribution in [1.29, 1.82) is 0 Å². The maximum atomic E-state index is 11.2. The molecule has 1 aromatic rings. The number of hydrogen-bond acceptors (Lipinski definition) is 5. The molecule has 2 N–H and O–H groups in total. The Hall–Kier alpha value is -1.63. The van der Waals surface area contributed by atoms with Gasteiger partial charge in [-0.15, -0.1) is 0 Å². The lowest BCUT2D eigenvalue weighted by atomic mass is 10.5. The number of aliphatic hydroxyl groups is 1. The molecule has 7 nitrogen and oxygen atoms in total. The molecule has 0 aliphatic rings. The minimum absolute atomic E-state index is 0.00377. The standard InChI is InChI=1S/C8H14N4O3/c1-6-9-7(11-10-6)5-12(2)8(14)15-4-3-13/h13H,3-5H2,1-2H3,(H,9,10,11). The summed E-state index contributed by atoms with van der Waals surface area (Å²) >= 11 is 0. The molecule has 1 amide bonds. The normalized spacial score (nSPS) is 10.1. The lowest BCUT2D eigenvalue weighted by molar-refractivity contribution is 0.0888. The number of hydrogen-bond donors (Lipinski definition) is 2. The molecular weight excluding hydrogens is 200 g/mol. The number of rotatable bonds is 4. The van der Waals surface area contributed by atoms with Crippen LogP contribution in [0, 0.1) is 6.92 Å². The zero-order valence-corrected chi connectivity index (χ0v) is 8.73. The van der Waals surface area contributed by atoms with Gasteiger partial charge in [0.15, 0.2) is 5.82 Å². The monoisotopic (exact) mass is 214 g/mol. The number of nitrogens with zero attached hydrogens (tertiary/aromatic N) is 3. The Bertz CT molecular complexity index is 325. The topological polar surface area (TPSA) is 91.3 Å². The Morgan fingerprint density at radius 1 is 1.67 bits per heavy atom. The molecule has 7 heteroatoms. The SMILES string of the molecule is Cc1nc(CN(C)C(=O)OCCO)n[nH]1. The zero-order valence-electron chi connectivity index (χ0n) is 8.73. The van der Waals surface area contributed by atoms with Crippen LogP contribution in [0.15, 0.2) is 0 Å². The van der Waals surface area contributed by atoms with E-state index >= 15 is 0 Å². The lowest BCUT2D eigenvalue weighted by Gasteiger charge is -2.14. The summed E-state index contributed by atoms with van der Waals surface area (Å²) in [5, 5.41) is 15.0. The molecule has 15 heavy (non-hydrogen) atoms. The fourth-order valence-electron chi connectivity index (χ4n) is 0.980. The van der Waals surface area contributed by atoms with Crippen molar-refractivity contribution in [2.45, 2.75) is 13.5 Å². The molecule has 1 aromatic heterocycles. The van der Waals surface area contributed by atoms with Gasteiger partial charge >= 0.3 is 6.09 Å². The molecule has 84 valence electrons. The maximum absolute atomic E-state index is 11.2. The number of aromatic amines is 1. The van der Waals surface area contributed by atoms with Crippen LogP contribution in [0.2, 0.25) is 0 Å². The third-order valence-electron chi connectivity index (χ3n) is 1.65. The molecule has 0 bridgehead atoms. The van der Waals surface area contributed by atoms with Crippen LogP contribution in [0.4, 0.5) is 4.79 Å². The smallest absolute Gasteiger partial charge is 0.409 e. The van der Waals surface area contributed by atoms with E-state index in [-0.39, 0.29) is 19.8 Å². The van der Waals surface area contributed by atoms with Crippen molar-refractivity contribution in [2.75, 3.05) is 20.3 Å². The Morgan fingerprint density at radius 2 is 2.40 bits per heavy atom. The average Bonchev–Trinajstić information content (AvgIpc) is 2.60. The van der Waals surface area contributed by atoms with Gasteiger partial charge in [-0.2, -0.15) is 5.10 Å². The van der Waals surface area contributed by atoms with Crippen LogP contribution < -0.4 is 0 Å². The van der Waals surface area contributed by atoms with Crippen molar-refractivity contribution in [1.82, 2.24) is 20.1 Å². The van der Waals surface area contributed by atoms with E-state index in [1.54, 1.807) is 14.0 Å². The molecule has 0 aliphatic heterocycles. The first-order chi connectivity index (χ1) is 7.13. The van der Waals surface area contributed by atoms with E-state index in [0.717, 1.165) is 0 Å². The summed E-state index contributed by atoms with van der Waals surface area (Å²) in [6.07, 6.45) is -0.508. The molecule has 0 saturated carbocycles. The van der Waals surface area contributed by atoms with Gasteiger partial charge in [0.25, 0.3) is 0 Å². The van der Waals surface area contributed by atoms with Crippen molar-refractivity contribution in [3.63, 3.8) is 0 Å². The van der Waals surface area contributed by atoms with Gasteiger partial charge in [-0.1, -0.05) is 0 Å². The first-order valence-electron chi connectivity index (χ1n) is 4.50. The van der Waals surface area contributed by atoms with E-state index in [9.17, 15) is 4.79 Å². The van der Waals surface area contributed by atoms with Gasteiger partial charge in [-0.05, 0) is 6.92 Å². The molecule has 0 saturated heterocycles. The van der Waals surface area contributed by atoms with E-state index in [4.69, 9.17) is 9.84 Å². The van der Waals surface area contributed by atoms with Gasteiger partial charge in [0.1, 0.15) is 12.4 Å². The highest BCUT2D eigenvalue weighted by molar-refractivity contribution is 5.67. The molecule has 0 radical (unpaired) electrons. The van der Waals surface area contributed by atoms with Crippen LogP contribution in [-0.2, 0) is 11.3 Å². The quantitative estimate of drug-likeness (QED) is 0.716. The van der Waals surface area contributed by atoms with Crippen molar-refractivity contribution < 1.29 is 14.6 Å². The summed E-state index contributed by atoms with van der Waals surface area (Å²) in [6, 6.07) is 0. The predicted molar refractivity (Wildman–Crippen MR) is 51.0 cm³/mol. The summed E-state index contributed by atoms with van der Waals surface area (Å²) in [5.41, 5.74) is 0. The highest BCUT2D eigenvalue weighted by Gasteiger charge is 2.12. The van der Waals surface area contributed by atoms with Crippen molar-refractivity contribution >= 4 is 6.09 Å². The van der Waals surface area contributed by atoms with Gasteiger partial charge in [0.05, 0.1) is 13.2 Å². The first kappa shape index (κ1) is 11.4. The molecule has 0 fully saturated rings. The van der Waals surface area contributed by atoms with Crippen molar-refractivity contribution in [3.8, 4) is 0 Å². The summed E-state index contributed by atoms with van der Waals surface area (Å²) in [7, 11) is 1.57. The molecular formula is C8H14N4O3. The van der Waals surface area contributed by atoms with Crippen molar-refractivity contribution in [3.05, 3.63) is 11.6 Å². The maximum Gasteiger partial charge on any atom is 0.409 e. The molecule has 1 heterocycles. The summed E-state index contributed by atoms with van der Waals surface area (Å²) in [6.45, 7) is 1.87. The summed E-state index contributed by atoms with van der Waals surface area (Å²) < 4.78 is 4.70. The minimum atomic E-state index is -0.508. The highest BCUT2D eigenvalue weighted by Crippen LogP contribution is 1.98. The number of amides is 1. The van der Waals surface area contributed by atoms with E-state index in [2.05, 4.69) is 15.2 Å². The Balaban J connectivity index is 2.41. The van der Waals surface area contributed by atoms with Gasteiger partial charge in [0, 0.05) is 7.05 Å². The van der Waals surface area contributed by atoms with E-state index in [0.29, 0.717) is 11.6 Å². The molecule has 0 atom stereocenters. The lowest BCUT2D eigenvalue weighted by Crippen LogP contribution is -2.28. The van der Waals surface area contributed by atoms with E-state index in [1.165, 1.54) is 4.90 Å². The molecule has 1 rings (SSSR count). The van der Waals surface area contributed by atoms with E-state index in [1.807, 2.05) is 0 Å². The van der Waals surface area contributed by atoms with Gasteiger partial charge < -0.3 is 14.7 Å². The van der Waals surface area contributed by atoms with Crippen LogP contribution in [0.1, 0.15) is 11.6 Å². The molecule has 0 aliphatic carbocycles. The number of aryl methyl sites for hydroxylation is 1. The van der Waals surface area contributed by atoms with Crippen LogP contribution in [0.25, 0.3) is 0 Å². The fourth-order valence-corrected chi connectivity index (χ4v) is 0.980. The first-order valence-corrected chi connectivity index (χ1v) is 4.50. The number of aliphatic hydroxyl groups excluding tert-OH is 1. The summed E-state index contributed by atoms with van der Waals surface area (Å²) in [5.74, 6) is 1.22. The Kier molecular flexibility index (Phi) is 4.04. The van der Waals surface area contributed by atoms with Gasteiger partial charge in [0.2, 0.25) is 0 Å². The van der Waals surface area contributed by atoms with Crippen LogP contribution >= 0.6 is 0 Å². The third-order valence-corrected chi connectivity index (χ3v) is 1.65. The van der Waals surface area contributed by atoms with Crippen LogP contribution in [0.3, 0.4) is 0 Å². The largest absolute Gasteiger partial charge is 0.447 e. The second-order valence-electron chi connectivity index (χ2n) is 3.03. The number of ether oxygens (including phenoxy) is 1. The Morgan fingerprint density at radius 3 is 2.93 bits per heavy atom. The summed E-state index contributed by atoms with van der Waals surface area (Å²) in [4.78, 5) is 16.6. The number of carbonyl (C=O) groups is 1. The molecule has 0 spiro atoms. The van der Waals surface area contributed by atoms with Crippen LogP contribution in [0.5, 0.6) is 0 Å². The second-order valence-corrected chi connectivity index (χ2v) is 3.03. The van der Waals surface area contributed by atoms with Gasteiger partial charge in [-0.25, -0.2) is 9.78 Å². The van der Waals surface area contributed by atoms with E-state index < -0.39 is 6.09 Å². The highest BCUT2D eigenvalue weighted by atomic mass is 16.6. The fraction of sp³-hybridized carbons (Fsp3) is 0.625. The number of carbonyl (C=O) groups excluding carboxylic acids is 1. The minimum Gasteiger partial charge on any atom is -0.447 e. The molecule has 0 aromatic carbocycles. The van der Waals surface area contributed by atoms with Crippen LogP contribution in [-0.4, -0.2) is 51.5 Å². The average molecular weight is 214 g/mol. The second kappa shape index (κ2) is 5.30. The third kappa shape index (κ3) is 3.55. The number of nitrogens with one attached hydrogen (secondary N) is 1. The molecule has 0 unspecified atom stereocenters. The number of H-pyrrole nitrogens is 1. The Labute approximate surface area is 87.1 Å².